The largest absolute Gasteiger partial charge is 0.495 e. The molecular weight excluding hydrogens is 300 g/mol. The van der Waals surface area contributed by atoms with Crippen LogP contribution in [0.2, 0.25) is 5.02 Å². The molecule has 0 spiro atoms. The Kier molecular flexibility index (Phi) is 4.20. The number of rotatable bonds is 4. The van der Waals surface area contributed by atoms with E-state index in [2.05, 4.69) is 0 Å². The Labute approximate surface area is 123 Å². The number of hydrogen-bond acceptors (Lipinski definition) is 4. The van der Waals surface area contributed by atoms with Crippen LogP contribution in [-0.2, 0) is 10.1 Å². The van der Waals surface area contributed by atoms with Gasteiger partial charge in [-0.3, -0.25) is 0 Å². The van der Waals surface area contributed by atoms with Crippen molar-refractivity contribution in [2.24, 2.45) is 0 Å². The van der Waals surface area contributed by atoms with Crippen LogP contribution in [-0.4, -0.2) is 15.5 Å². The van der Waals surface area contributed by atoms with Crippen molar-refractivity contribution in [1.29, 1.82) is 0 Å². The van der Waals surface area contributed by atoms with Crippen molar-refractivity contribution in [2.75, 3.05) is 7.11 Å². The molecule has 0 saturated heterocycles. The van der Waals surface area contributed by atoms with Gasteiger partial charge in [0, 0.05) is 0 Å². The van der Waals surface area contributed by atoms with Gasteiger partial charge in [-0.05, 0) is 36.8 Å². The molecule has 0 aromatic heterocycles. The maximum absolute atomic E-state index is 12.3. The van der Waals surface area contributed by atoms with E-state index < -0.39 is 10.1 Å². The minimum absolute atomic E-state index is 0.0279. The highest BCUT2D eigenvalue weighted by atomic mass is 35.5. The lowest BCUT2D eigenvalue weighted by Crippen LogP contribution is -2.11. The summed E-state index contributed by atoms with van der Waals surface area (Å²) in [5.41, 5.74) is 0.784. The van der Waals surface area contributed by atoms with Crippen LogP contribution in [0, 0.1) is 6.92 Å². The van der Waals surface area contributed by atoms with Crippen LogP contribution in [0.4, 0.5) is 0 Å². The standard InChI is InChI=1S/C14H13ClO4S/c1-10-7-8-13(18-2)14(9-10)20(16,17)19-12-6-4-3-5-11(12)15/h3-9H,1-2H3. The maximum Gasteiger partial charge on any atom is 0.342 e. The molecule has 0 bridgehead atoms. The van der Waals surface area contributed by atoms with Crippen molar-refractivity contribution in [1.82, 2.24) is 0 Å². The summed E-state index contributed by atoms with van der Waals surface area (Å²) in [6.07, 6.45) is 0. The van der Waals surface area contributed by atoms with E-state index in [1.807, 2.05) is 0 Å². The highest BCUT2D eigenvalue weighted by molar-refractivity contribution is 7.87. The second kappa shape index (κ2) is 5.73. The Bertz CT molecular complexity index is 726. The van der Waals surface area contributed by atoms with Gasteiger partial charge >= 0.3 is 10.1 Å². The van der Waals surface area contributed by atoms with Crippen LogP contribution in [0.25, 0.3) is 0 Å². The van der Waals surface area contributed by atoms with Gasteiger partial charge in [0.1, 0.15) is 10.6 Å². The SMILES string of the molecule is COc1ccc(C)cc1S(=O)(=O)Oc1ccccc1Cl. The number of halogens is 1. The van der Waals surface area contributed by atoms with Crippen molar-refractivity contribution in [3.63, 3.8) is 0 Å². The monoisotopic (exact) mass is 312 g/mol. The molecule has 0 fully saturated rings. The molecule has 2 aromatic rings. The molecule has 4 nitrogen and oxygen atoms in total. The molecule has 0 aliphatic rings. The van der Waals surface area contributed by atoms with Gasteiger partial charge in [0.15, 0.2) is 5.75 Å². The number of aryl methyl sites for hydroxylation is 1. The summed E-state index contributed by atoms with van der Waals surface area (Å²) in [6.45, 7) is 1.79. The fourth-order valence-corrected chi connectivity index (χ4v) is 3.07. The Morgan fingerprint density at radius 3 is 2.40 bits per heavy atom. The predicted molar refractivity (Wildman–Crippen MR) is 77.0 cm³/mol. The van der Waals surface area contributed by atoms with E-state index in [1.165, 1.54) is 19.2 Å². The van der Waals surface area contributed by atoms with Crippen LogP contribution in [0.15, 0.2) is 47.4 Å². The Morgan fingerprint density at radius 1 is 1.05 bits per heavy atom. The fraction of sp³-hybridized carbons (Fsp3) is 0.143. The zero-order valence-corrected chi connectivity index (χ0v) is 12.5. The van der Waals surface area contributed by atoms with Gasteiger partial charge in [0.2, 0.25) is 0 Å². The fourth-order valence-electron chi connectivity index (χ4n) is 1.65. The minimum Gasteiger partial charge on any atom is -0.495 e. The Morgan fingerprint density at radius 2 is 1.75 bits per heavy atom. The molecule has 6 heteroatoms. The van der Waals surface area contributed by atoms with E-state index in [0.29, 0.717) is 0 Å². The van der Waals surface area contributed by atoms with E-state index >= 15 is 0 Å². The van der Waals surface area contributed by atoms with Crippen LogP contribution >= 0.6 is 11.6 Å². The number of methoxy groups -OCH3 is 1. The van der Waals surface area contributed by atoms with Gasteiger partial charge in [-0.15, -0.1) is 0 Å². The summed E-state index contributed by atoms with van der Waals surface area (Å²) in [6, 6.07) is 11.2. The van der Waals surface area contributed by atoms with E-state index in [9.17, 15) is 8.42 Å². The smallest absolute Gasteiger partial charge is 0.342 e. The summed E-state index contributed by atoms with van der Waals surface area (Å²) in [5, 5.41) is 0.225. The molecule has 0 amide bonds. The molecule has 0 heterocycles. The third-order valence-corrected chi connectivity index (χ3v) is 4.19. The highest BCUT2D eigenvalue weighted by Crippen LogP contribution is 2.30. The van der Waals surface area contributed by atoms with Gasteiger partial charge < -0.3 is 8.92 Å². The van der Waals surface area contributed by atoms with Crippen LogP contribution in [0.1, 0.15) is 5.56 Å². The lowest BCUT2D eigenvalue weighted by molar-refractivity contribution is 0.398. The number of benzene rings is 2. The van der Waals surface area contributed by atoms with Crippen LogP contribution < -0.4 is 8.92 Å². The third-order valence-electron chi connectivity index (χ3n) is 2.62. The van der Waals surface area contributed by atoms with Gasteiger partial charge in [0.05, 0.1) is 12.1 Å². The van der Waals surface area contributed by atoms with Crippen LogP contribution in [0.5, 0.6) is 11.5 Å². The van der Waals surface area contributed by atoms with E-state index in [0.717, 1.165) is 5.56 Å². The van der Waals surface area contributed by atoms with Gasteiger partial charge in [0.25, 0.3) is 0 Å². The van der Waals surface area contributed by atoms with E-state index in [4.69, 9.17) is 20.5 Å². The Hall–Kier alpha value is -1.72. The molecule has 0 aliphatic carbocycles. The van der Waals surface area contributed by atoms with Crippen LogP contribution in [0.3, 0.4) is 0 Å². The first-order valence-corrected chi connectivity index (χ1v) is 7.56. The lowest BCUT2D eigenvalue weighted by atomic mass is 10.2. The number of para-hydroxylation sites is 1. The van der Waals surface area contributed by atoms with Crippen molar-refractivity contribution in [3.8, 4) is 11.5 Å². The van der Waals surface area contributed by atoms with Gasteiger partial charge in [-0.2, -0.15) is 8.42 Å². The van der Waals surface area contributed by atoms with E-state index in [1.54, 1.807) is 37.3 Å². The third kappa shape index (κ3) is 3.05. The first-order valence-electron chi connectivity index (χ1n) is 5.77. The van der Waals surface area contributed by atoms with Crippen molar-refractivity contribution in [2.45, 2.75) is 11.8 Å². The highest BCUT2D eigenvalue weighted by Gasteiger charge is 2.23. The topological polar surface area (TPSA) is 52.6 Å². The second-order valence-corrected chi connectivity index (χ2v) is 6.04. The molecule has 0 atom stereocenters. The van der Waals surface area contributed by atoms with Crippen molar-refractivity contribution >= 4 is 21.7 Å². The average Bonchev–Trinajstić information content (AvgIpc) is 2.41. The van der Waals surface area contributed by atoms with E-state index in [-0.39, 0.29) is 21.4 Å². The summed E-state index contributed by atoms with van der Waals surface area (Å²) in [7, 11) is -2.61. The summed E-state index contributed by atoms with van der Waals surface area (Å²) < 4.78 is 34.8. The first kappa shape index (κ1) is 14.7. The van der Waals surface area contributed by atoms with Crippen molar-refractivity contribution in [3.05, 3.63) is 53.1 Å². The second-order valence-electron chi connectivity index (χ2n) is 4.12. The zero-order chi connectivity index (χ0) is 14.8. The summed E-state index contributed by atoms with van der Waals surface area (Å²) >= 11 is 5.90. The number of ether oxygens (including phenoxy) is 1. The molecule has 2 rings (SSSR count). The quantitative estimate of drug-likeness (QED) is 0.812. The molecule has 20 heavy (non-hydrogen) atoms. The zero-order valence-electron chi connectivity index (χ0n) is 11.0. The minimum atomic E-state index is -4.01. The summed E-state index contributed by atoms with van der Waals surface area (Å²) in [5.74, 6) is 0.306. The van der Waals surface area contributed by atoms with Crippen molar-refractivity contribution < 1.29 is 17.3 Å². The lowest BCUT2D eigenvalue weighted by Gasteiger charge is -2.12. The normalized spacial score (nSPS) is 11.2. The molecule has 106 valence electrons. The number of hydrogen-bond donors (Lipinski definition) is 0. The van der Waals surface area contributed by atoms with Gasteiger partial charge in [-0.1, -0.05) is 29.8 Å². The Balaban J connectivity index is 2.46. The average molecular weight is 313 g/mol. The first-order chi connectivity index (χ1) is 9.44. The molecule has 0 unspecified atom stereocenters. The van der Waals surface area contributed by atoms with Gasteiger partial charge in [-0.25, -0.2) is 0 Å². The maximum atomic E-state index is 12.3. The molecular formula is C14H13ClO4S. The molecule has 0 saturated carbocycles. The molecule has 0 N–H and O–H groups in total. The molecule has 0 aliphatic heterocycles. The predicted octanol–water partition coefficient (Wildman–Crippen LogP) is 3.42. The molecule has 0 radical (unpaired) electrons. The molecule has 2 aromatic carbocycles. The summed E-state index contributed by atoms with van der Waals surface area (Å²) in [4.78, 5) is -0.0279.